The van der Waals surface area contributed by atoms with Crippen LogP contribution in [0.25, 0.3) is 0 Å². The highest BCUT2D eigenvalue weighted by Gasteiger charge is 2.15. The second kappa shape index (κ2) is 3.17. The number of likely N-dealkylation sites (N-methyl/N-ethyl adjacent to an activating group) is 1. The molecule has 0 aromatic heterocycles. The molecule has 0 radical (unpaired) electrons. The van der Waals surface area contributed by atoms with Gasteiger partial charge in [-0.15, -0.1) is 0 Å². The number of anilines is 2. The molecular weight excluding hydrogens is 164 g/mol. The van der Waals surface area contributed by atoms with Crippen molar-refractivity contribution in [1.29, 1.82) is 0 Å². The smallest absolute Gasteiger partial charge is 0.144 e. The fourth-order valence-corrected chi connectivity index (χ4v) is 1.65. The van der Waals surface area contributed by atoms with Crippen LogP contribution in [0.1, 0.15) is 0 Å². The topological polar surface area (TPSA) is 24.5 Å². The molecule has 0 bridgehead atoms. The molecule has 1 aliphatic heterocycles. The zero-order valence-electron chi connectivity index (χ0n) is 8.00. The summed E-state index contributed by atoms with van der Waals surface area (Å²) < 4.78 is 5.27. The Morgan fingerprint density at radius 3 is 3.08 bits per heavy atom. The van der Waals surface area contributed by atoms with Crippen molar-refractivity contribution in [2.24, 2.45) is 0 Å². The molecule has 1 aromatic carbocycles. The van der Waals surface area contributed by atoms with Gasteiger partial charge >= 0.3 is 0 Å². The fraction of sp³-hybridized carbons (Fsp3) is 0.400. The number of nitrogens with zero attached hydrogens (tertiary/aromatic N) is 1. The van der Waals surface area contributed by atoms with Crippen LogP contribution < -0.4 is 15.0 Å². The minimum Gasteiger partial charge on any atom is -0.495 e. The molecule has 70 valence electrons. The van der Waals surface area contributed by atoms with Gasteiger partial charge in [0, 0.05) is 20.1 Å². The third kappa shape index (κ3) is 1.30. The van der Waals surface area contributed by atoms with Crippen molar-refractivity contribution >= 4 is 11.4 Å². The lowest BCUT2D eigenvalue weighted by Crippen LogP contribution is -2.30. The molecule has 1 aromatic rings. The molecule has 1 N–H and O–H groups in total. The van der Waals surface area contributed by atoms with Gasteiger partial charge in [-0.2, -0.15) is 0 Å². The first kappa shape index (κ1) is 8.23. The normalized spacial score (nSPS) is 14.8. The summed E-state index contributed by atoms with van der Waals surface area (Å²) in [5, 5.41) is 3.35. The first-order valence-corrected chi connectivity index (χ1v) is 4.45. The number of rotatable bonds is 1. The zero-order chi connectivity index (χ0) is 9.26. The molecule has 0 aliphatic carbocycles. The van der Waals surface area contributed by atoms with E-state index in [0.717, 1.165) is 24.5 Å². The van der Waals surface area contributed by atoms with E-state index >= 15 is 0 Å². The van der Waals surface area contributed by atoms with E-state index in [4.69, 9.17) is 4.74 Å². The largest absolute Gasteiger partial charge is 0.495 e. The molecule has 13 heavy (non-hydrogen) atoms. The lowest BCUT2D eigenvalue weighted by molar-refractivity contribution is 0.416. The van der Waals surface area contributed by atoms with Crippen LogP contribution >= 0.6 is 0 Å². The zero-order valence-corrected chi connectivity index (χ0v) is 8.00. The summed E-state index contributed by atoms with van der Waals surface area (Å²) in [6.45, 7) is 2.02. The summed E-state index contributed by atoms with van der Waals surface area (Å²) in [6.07, 6.45) is 0. The highest BCUT2D eigenvalue weighted by molar-refractivity contribution is 5.77. The Balaban J connectivity index is 2.48. The second-order valence-electron chi connectivity index (χ2n) is 3.20. The van der Waals surface area contributed by atoms with Gasteiger partial charge in [-0.05, 0) is 12.1 Å². The standard InChI is InChI=1S/C10H14N2O/c1-12-7-6-11-10-8(12)4-3-5-9(10)13-2/h3-5,11H,6-7H2,1-2H3. The number of para-hydroxylation sites is 1. The molecule has 2 rings (SSSR count). The predicted molar refractivity (Wildman–Crippen MR) is 54.8 cm³/mol. The van der Waals surface area contributed by atoms with Crippen LogP contribution in [0.4, 0.5) is 11.4 Å². The first-order chi connectivity index (χ1) is 6.33. The Hall–Kier alpha value is -1.38. The van der Waals surface area contributed by atoms with Crippen LogP contribution in [-0.4, -0.2) is 27.2 Å². The van der Waals surface area contributed by atoms with Crippen molar-refractivity contribution in [3.05, 3.63) is 18.2 Å². The van der Waals surface area contributed by atoms with Gasteiger partial charge in [0.15, 0.2) is 0 Å². The highest BCUT2D eigenvalue weighted by atomic mass is 16.5. The van der Waals surface area contributed by atoms with Gasteiger partial charge in [0.05, 0.1) is 12.8 Å². The molecule has 3 nitrogen and oxygen atoms in total. The van der Waals surface area contributed by atoms with E-state index in [1.807, 2.05) is 12.1 Å². The van der Waals surface area contributed by atoms with E-state index in [1.165, 1.54) is 5.69 Å². The summed E-state index contributed by atoms with van der Waals surface area (Å²) in [7, 11) is 3.80. The molecule has 0 saturated carbocycles. The van der Waals surface area contributed by atoms with Crippen LogP contribution in [0.5, 0.6) is 5.75 Å². The van der Waals surface area contributed by atoms with E-state index in [9.17, 15) is 0 Å². The van der Waals surface area contributed by atoms with Crippen LogP contribution in [0.2, 0.25) is 0 Å². The summed E-state index contributed by atoms with van der Waals surface area (Å²) >= 11 is 0. The van der Waals surface area contributed by atoms with Gasteiger partial charge in [-0.3, -0.25) is 0 Å². The first-order valence-electron chi connectivity index (χ1n) is 4.45. The van der Waals surface area contributed by atoms with Crippen LogP contribution in [0, 0.1) is 0 Å². The number of nitrogens with one attached hydrogen (secondary N) is 1. The number of ether oxygens (including phenoxy) is 1. The molecular formula is C10H14N2O. The van der Waals surface area contributed by atoms with Crippen molar-refractivity contribution in [1.82, 2.24) is 0 Å². The Labute approximate surface area is 78.3 Å². The van der Waals surface area contributed by atoms with Gasteiger partial charge < -0.3 is 15.0 Å². The minimum absolute atomic E-state index is 0.920. The lowest BCUT2D eigenvalue weighted by atomic mass is 10.2. The summed E-state index contributed by atoms with van der Waals surface area (Å²) in [5.74, 6) is 0.920. The maximum atomic E-state index is 5.27. The number of hydrogen-bond donors (Lipinski definition) is 1. The third-order valence-electron chi connectivity index (χ3n) is 2.38. The number of methoxy groups -OCH3 is 1. The van der Waals surface area contributed by atoms with Gasteiger partial charge in [0.1, 0.15) is 11.4 Å². The Morgan fingerprint density at radius 2 is 2.31 bits per heavy atom. The third-order valence-corrected chi connectivity index (χ3v) is 2.38. The quantitative estimate of drug-likeness (QED) is 0.706. The Morgan fingerprint density at radius 1 is 1.46 bits per heavy atom. The molecule has 1 heterocycles. The number of benzene rings is 1. The molecule has 3 heteroatoms. The minimum atomic E-state index is 0.920. The molecule has 0 saturated heterocycles. The SMILES string of the molecule is COc1cccc2c1NCCN2C. The van der Waals surface area contributed by atoms with E-state index in [0.29, 0.717) is 0 Å². The Kier molecular flexibility index (Phi) is 2.00. The highest BCUT2D eigenvalue weighted by Crippen LogP contribution is 2.35. The molecule has 0 amide bonds. The summed E-state index contributed by atoms with van der Waals surface area (Å²) in [4.78, 5) is 2.23. The van der Waals surface area contributed by atoms with Crippen LogP contribution in [-0.2, 0) is 0 Å². The van der Waals surface area contributed by atoms with E-state index in [2.05, 4.69) is 23.3 Å². The molecule has 0 atom stereocenters. The maximum Gasteiger partial charge on any atom is 0.144 e. The monoisotopic (exact) mass is 178 g/mol. The summed E-state index contributed by atoms with van der Waals surface area (Å²) in [5.41, 5.74) is 2.32. The van der Waals surface area contributed by atoms with Crippen molar-refractivity contribution in [3.63, 3.8) is 0 Å². The average Bonchev–Trinajstić information content (AvgIpc) is 2.18. The fourth-order valence-electron chi connectivity index (χ4n) is 1.65. The molecule has 0 fully saturated rings. The second-order valence-corrected chi connectivity index (χ2v) is 3.20. The van der Waals surface area contributed by atoms with Crippen molar-refractivity contribution in [2.75, 3.05) is 37.5 Å². The average molecular weight is 178 g/mol. The summed E-state index contributed by atoms with van der Waals surface area (Å²) in [6, 6.07) is 6.09. The van der Waals surface area contributed by atoms with Gasteiger partial charge in [0.25, 0.3) is 0 Å². The Bertz CT molecular complexity index is 312. The van der Waals surface area contributed by atoms with Crippen molar-refractivity contribution in [3.8, 4) is 5.75 Å². The van der Waals surface area contributed by atoms with E-state index in [-0.39, 0.29) is 0 Å². The van der Waals surface area contributed by atoms with E-state index < -0.39 is 0 Å². The van der Waals surface area contributed by atoms with Crippen molar-refractivity contribution < 1.29 is 4.74 Å². The van der Waals surface area contributed by atoms with Crippen molar-refractivity contribution in [2.45, 2.75) is 0 Å². The molecule has 1 aliphatic rings. The maximum absolute atomic E-state index is 5.27. The van der Waals surface area contributed by atoms with Crippen LogP contribution in [0.15, 0.2) is 18.2 Å². The lowest BCUT2D eigenvalue weighted by Gasteiger charge is -2.29. The van der Waals surface area contributed by atoms with E-state index in [1.54, 1.807) is 7.11 Å². The molecule has 0 unspecified atom stereocenters. The van der Waals surface area contributed by atoms with Gasteiger partial charge in [-0.25, -0.2) is 0 Å². The molecule has 0 spiro atoms. The number of hydrogen-bond acceptors (Lipinski definition) is 3. The van der Waals surface area contributed by atoms with Gasteiger partial charge in [0.2, 0.25) is 0 Å². The number of fused-ring (bicyclic) bond motifs is 1. The van der Waals surface area contributed by atoms with Crippen LogP contribution in [0.3, 0.4) is 0 Å². The van der Waals surface area contributed by atoms with Gasteiger partial charge in [-0.1, -0.05) is 6.07 Å². The predicted octanol–water partition coefficient (Wildman–Crippen LogP) is 1.56.